The zero-order chi connectivity index (χ0) is 8.89. The third kappa shape index (κ3) is 1.11. The number of aryl methyl sites for hydroxylation is 2. The Bertz CT molecular complexity index is 350. The summed E-state index contributed by atoms with van der Waals surface area (Å²) in [5.74, 6) is 0. The molecule has 2 aliphatic rings. The lowest BCUT2D eigenvalue weighted by atomic mass is 9.98. The molecule has 68 valence electrons. The summed E-state index contributed by atoms with van der Waals surface area (Å²) in [5, 5.41) is 0. The highest BCUT2D eigenvalue weighted by atomic mass is 16.6. The van der Waals surface area contributed by atoms with E-state index in [0.717, 1.165) is 6.61 Å². The smallest absolute Gasteiger partial charge is 0.114 e. The molecular formula is C12H14O. The first-order chi connectivity index (χ1) is 6.28. The van der Waals surface area contributed by atoms with E-state index in [1.807, 2.05) is 0 Å². The van der Waals surface area contributed by atoms with E-state index in [0.29, 0.717) is 0 Å². The number of rotatable bonds is 1. The van der Waals surface area contributed by atoms with Crippen LogP contribution in [0.5, 0.6) is 0 Å². The van der Waals surface area contributed by atoms with E-state index in [4.69, 9.17) is 4.74 Å². The molecule has 1 saturated heterocycles. The van der Waals surface area contributed by atoms with Crippen LogP contribution in [0.1, 0.15) is 30.0 Å². The number of hydrogen-bond acceptors (Lipinski definition) is 1. The number of benzene rings is 1. The Morgan fingerprint density at radius 1 is 1.23 bits per heavy atom. The van der Waals surface area contributed by atoms with Crippen molar-refractivity contribution in [3.05, 3.63) is 34.9 Å². The standard InChI is InChI=1S/C12H14O/c1-12(8-13-12)11-6-5-9-3-2-4-10(9)7-11/h5-7H,2-4,8H2,1H3. The van der Waals surface area contributed by atoms with Crippen LogP contribution < -0.4 is 0 Å². The van der Waals surface area contributed by atoms with Crippen molar-refractivity contribution in [2.45, 2.75) is 31.8 Å². The second kappa shape index (κ2) is 2.36. The maximum atomic E-state index is 5.44. The molecule has 0 spiro atoms. The van der Waals surface area contributed by atoms with Gasteiger partial charge in [0.2, 0.25) is 0 Å². The molecular weight excluding hydrogens is 160 g/mol. The van der Waals surface area contributed by atoms with Crippen molar-refractivity contribution >= 4 is 0 Å². The van der Waals surface area contributed by atoms with Gasteiger partial charge in [0.05, 0.1) is 6.61 Å². The van der Waals surface area contributed by atoms with Gasteiger partial charge in [0.25, 0.3) is 0 Å². The summed E-state index contributed by atoms with van der Waals surface area (Å²) < 4.78 is 5.44. The summed E-state index contributed by atoms with van der Waals surface area (Å²) in [5.41, 5.74) is 4.52. The van der Waals surface area contributed by atoms with Crippen molar-refractivity contribution in [3.63, 3.8) is 0 Å². The van der Waals surface area contributed by atoms with Gasteiger partial charge in [0.1, 0.15) is 5.60 Å². The Labute approximate surface area is 78.7 Å². The highest BCUT2D eigenvalue weighted by Gasteiger charge is 2.41. The molecule has 1 atom stereocenters. The number of fused-ring (bicyclic) bond motifs is 1. The van der Waals surface area contributed by atoms with Gasteiger partial charge in [-0.25, -0.2) is 0 Å². The SMILES string of the molecule is CC1(c2ccc3c(c2)CCC3)CO1. The van der Waals surface area contributed by atoms with E-state index in [1.54, 1.807) is 11.1 Å². The highest BCUT2D eigenvalue weighted by Crippen LogP contribution is 2.39. The van der Waals surface area contributed by atoms with E-state index in [-0.39, 0.29) is 5.60 Å². The van der Waals surface area contributed by atoms with E-state index < -0.39 is 0 Å². The van der Waals surface area contributed by atoms with Gasteiger partial charge in [-0.2, -0.15) is 0 Å². The molecule has 1 heteroatoms. The maximum Gasteiger partial charge on any atom is 0.114 e. The molecule has 0 bridgehead atoms. The molecule has 0 radical (unpaired) electrons. The van der Waals surface area contributed by atoms with Crippen LogP contribution in [0.3, 0.4) is 0 Å². The lowest BCUT2D eigenvalue weighted by Crippen LogP contribution is -2.02. The molecule has 1 aliphatic carbocycles. The van der Waals surface area contributed by atoms with Crippen LogP contribution in [-0.4, -0.2) is 6.61 Å². The zero-order valence-corrected chi connectivity index (χ0v) is 7.97. The third-order valence-electron chi connectivity index (χ3n) is 3.29. The van der Waals surface area contributed by atoms with Gasteiger partial charge in [0.15, 0.2) is 0 Å². The summed E-state index contributed by atoms with van der Waals surface area (Å²) >= 11 is 0. The minimum Gasteiger partial charge on any atom is -0.365 e. The van der Waals surface area contributed by atoms with Crippen molar-refractivity contribution in [2.75, 3.05) is 6.61 Å². The molecule has 1 heterocycles. The van der Waals surface area contributed by atoms with Crippen molar-refractivity contribution in [1.82, 2.24) is 0 Å². The molecule has 1 nitrogen and oxygen atoms in total. The highest BCUT2D eigenvalue weighted by molar-refractivity contribution is 5.38. The molecule has 1 fully saturated rings. The summed E-state index contributed by atoms with van der Waals surface area (Å²) in [4.78, 5) is 0. The number of hydrogen-bond donors (Lipinski definition) is 0. The molecule has 3 rings (SSSR count). The largest absolute Gasteiger partial charge is 0.365 e. The second-order valence-corrected chi connectivity index (χ2v) is 4.36. The van der Waals surface area contributed by atoms with Crippen LogP contribution in [0.25, 0.3) is 0 Å². The van der Waals surface area contributed by atoms with Crippen molar-refractivity contribution in [3.8, 4) is 0 Å². The van der Waals surface area contributed by atoms with Gasteiger partial charge >= 0.3 is 0 Å². The van der Waals surface area contributed by atoms with Gasteiger partial charge in [-0.1, -0.05) is 18.2 Å². The van der Waals surface area contributed by atoms with Gasteiger partial charge in [-0.3, -0.25) is 0 Å². The predicted molar refractivity (Wildman–Crippen MR) is 51.8 cm³/mol. The molecule has 0 saturated carbocycles. The fourth-order valence-electron chi connectivity index (χ4n) is 2.18. The Balaban J connectivity index is 2.05. The van der Waals surface area contributed by atoms with E-state index in [2.05, 4.69) is 25.1 Å². The van der Waals surface area contributed by atoms with Crippen LogP contribution in [0.4, 0.5) is 0 Å². The lowest BCUT2D eigenvalue weighted by Gasteiger charge is -2.07. The van der Waals surface area contributed by atoms with Gasteiger partial charge in [-0.05, 0) is 42.9 Å². The van der Waals surface area contributed by atoms with Gasteiger partial charge < -0.3 is 4.74 Å². The van der Waals surface area contributed by atoms with E-state index in [9.17, 15) is 0 Å². The van der Waals surface area contributed by atoms with Crippen molar-refractivity contribution in [1.29, 1.82) is 0 Å². The molecule has 0 amide bonds. The topological polar surface area (TPSA) is 12.5 Å². The molecule has 1 aliphatic heterocycles. The Morgan fingerprint density at radius 3 is 2.77 bits per heavy atom. The summed E-state index contributed by atoms with van der Waals surface area (Å²) in [7, 11) is 0. The minimum absolute atomic E-state index is 0.0532. The Hall–Kier alpha value is -0.820. The quantitative estimate of drug-likeness (QED) is 0.596. The van der Waals surface area contributed by atoms with Crippen molar-refractivity contribution < 1.29 is 4.74 Å². The predicted octanol–water partition coefficient (Wildman–Crippen LogP) is 2.42. The lowest BCUT2D eigenvalue weighted by molar-refractivity contribution is 0.329. The first-order valence-corrected chi connectivity index (χ1v) is 5.04. The summed E-state index contributed by atoms with van der Waals surface area (Å²) in [6.45, 7) is 3.06. The summed E-state index contributed by atoms with van der Waals surface area (Å²) in [6, 6.07) is 6.86. The first-order valence-electron chi connectivity index (χ1n) is 5.04. The fraction of sp³-hybridized carbons (Fsp3) is 0.500. The number of ether oxygens (including phenoxy) is 1. The average Bonchev–Trinajstić information content (AvgIpc) is 2.74. The maximum absolute atomic E-state index is 5.44. The normalized spacial score (nSPS) is 30.2. The Morgan fingerprint density at radius 2 is 2.00 bits per heavy atom. The summed E-state index contributed by atoms with van der Waals surface area (Å²) in [6.07, 6.45) is 3.86. The van der Waals surface area contributed by atoms with E-state index >= 15 is 0 Å². The molecule has 1 aromatic carbocycles. The van der Waals surface area contributed by atoms with Crippen LogP contribution in [0.15, 0.2) is 18.2 Å². The third-order valence-corrected chi connectivity index (χ3v) is 3.29. The minimum atomic E-state index is 0.0532. The van der Waals surface area contributed by atoms with Crippen LogP contribution in [0.2, 0.25) is 0 Å². The molecule has 1 unspecified atom stereocenters. The molecule has 0 aromatic heterocycles. The zero-order valence-electron chi connectivity index (χ0n) is 7.97. The van der Waals surface area contributed by atoms with E-state index in [1.165, 1.54) is 24.8 Å². The number of epoxide rings is 1. The van der Waals surface area contributed by atoms with Crippen LogP contribution in [-0.2, 0) is 23.2 Å². The first kappa shape index (κ1) is 7.57. The van der Waals surface area contributed by atoms with Gasteiger partial charge in [-0.15, -0.1) is 0 Å². The van der Waals surface area contributed by atoms with Crippen LogP contribution in [0, 0.1) is 0 Å². The van der Waals surface area contributed by atoms with Crippen molar-refractivity contribution in [2.24, 2.45) is 0 Å². The Kier molecular flexibility index (Phi) is 1.37. The molecule has 13 heavy (non-hydrogen) atoms. The van der Waals surface area contributed by atoms with Crippen LogP contribution >= 0.6 is 0 Å². The molecule has 0 N–H and O–H groups in total. The van der Waals surface area contributed by atoms with Gasteiger partial charge in [0, 0.05) is 0 Å². The average molecular weight is 174 g/mol. The molecule has 1 aromatic rings. The second-order valence-electron chi connectivity index (χ2n) is 4.36. The monoisotopic (exact) mass is 174 g/mol. The fourth-order valence-corrected chi connectivity index (χ4v) is 2.18.